The van der Waals surface area contributed by atoms with Crippen LogP contribution in [0.3, 0.4) is 0 Å². The van der Waals surface area contributed by atoms with Crippen molar-refractivity contribution in [3.63, 3.8) is 0 Å². The Hall–Kier alpha value is -1.45. The molecule has 0 radical (unpaired) electrons. The zero-order chi connectivity index (χ0) is 18.2. The molecule has 0 spiro atoms. The lowest BCUT2D eigenvalue weighted by molar-refractivity contribution is 0.0747. The van der Waals surface area contributed by atoms with Gasteiger partial charge in [-0.15, -0.1) is 0 Å². The summed E-state index contributed by atoms with van der Waals surface area (Å²) >= 11 is 0. The molecule has 138 valence electrons. The summed E-state index contributed by atoms with van der Waals surface area (Å²) in [7, 11) is -4.99. The molecule has 0 aromatic heterocycles. The molecule has 0 aliphatic carbocycles. The summed E-state index contributed by atoms with van der Waals surface area (Å²) in [4.78, 5) is 14.1. The first kappa shape index (κ1) is 18.3. The number of benzene rings is 1. The van der Waals surface area contributed by atoms with Crippen LogP contribution in [-0.2, 0) is 19.9 Å². The minimum Gasteiger partial charge on any atom is -0.338 e. The van der Waals surface area contributed by atoms with Crippen molar-refractivity contribution < 1.29 is 21.6 Å². The number of sulfonamides is 1. The van der Waals surface area contributed by atoms with Crippen LogP contribution < -0.4 is 0 Å². The molecular formula is C16H22N2O5S2. The van der Waals surface area contributed by atoms with Gasteiger partial charge in [0.25, 0.3) is 5.91 Å². The summed E-state index contributed by atoms with van der Waals surface area (Å²) in [6, 6.07) is 5.54. The van der Waals surface area contributed by atoms with Crippen LogP contribution in [-0.4, -0.2) is 69.6 Å². The van der Waals surface area contributed by atoms with Gasteiger partial charge < -0.3 is 4.90 Å². The van der Waals surface area contributed by atoms with E-state index in [1.54, 1.807) is 7.05 Å². The van der Waals surface area contributed by atoms with Crippen LogP contribution >= 0.6 is 0 Å². The van der Waals surface area contributed by atoms with Crippen molar-refractivity contribution in [2.45, 2.75) is 30.2 Å². The van der Waals surface area contributed by atoms with Crippen LogP contribution in [0.5, 0.6) is 0 Å². The maximum atomic E-state index is 12.5. The number of carbonyl (C=O) groups excluding carboxylic acids is 1. The molecule has 1 aromatic rings. The van der Waals surface area contributed by atoms with Crippen molar-refractivity contribution in [2.24, 2.45) is 0 Å². The van der Waals surface area contributed by atoms with Crippen LogP contribution in [0.1, 0.15) is 29.6 Å². The molecule has 0 N–H and O–H groups in total. The van der Waals surface area contributed by atoms with Crippen molar-refractivity contribution in [3.8, 4) is 0 Å². The summed E-state index contributed by atoms with van der Waals surface area (Å²) in [6.07, 6.45) is 2.17. The van der Waals surface area contributed by atoms with Crippen LogP contribution in [0.4, 0.5) is 0 Å². The van der Waals surface area contributed by atoms with Gasteiger partial charge in [-0.3, -0.25) is 4.79 Å². The van der Waals surface area contributed by atoms with E-state index >= 15 is 0 Å². The number of rotatable bonds is 4. The van der Waals surface area contributed by atoms with E-state index in [2.05, 4.69) is 0 Å². The molecule has 1 unspecified atom stereocenters. The van der Waals surface area contributed by atoms with Crippen molar-refractivity contribution in [1.29, 1.82) is 0 Å². The Morgan fingerprint density at radius 2 is 1.76 bits per heavy atom. The van der Waals surface area contributed by atoms with Gasteiger partial charge in [-0.05, 0) is 43.5 Å². The van der Waals surface area contributed by atoms with E-state index in [1.165, 1.54) is 33.5 Å². The highest BCUT2D eigenvalue weighted by atomic mass is 32.2. The number of nitrogens with zero attached hydrogens (tertiary/aromatic N) is 2. The zero-order valence-electron chi connectivity index (χ0n) is 14.1. The summed E-state index contributed by atoms with van der Waals surface area (Å²) in [5.41, 5.74) is 0.354. The Kier molecular flexibility index (Phi) is 4.91. The Labute approximate surface area is 148 Å². The van der Waals surface area contributed by atoms with Gasteiger partial charge >= 0.3 is 0 Å². The van der Waals surface area contributed by atoms with E-state index < -0.39 is 19.9 Å². The highest BCUT2D eigenvalue weighted by Gasteiger charge is 2.33. The van der Waals surface area contributed by atoms with Gasteiger partial charge in [0.05, 0.1) is 16.4 Å². The molecule has 1 amide bonds. The summed E-state index contributed by atoms with van der Waals surface area (Å²) in [5, 5.41) is 0. The predicted molar refractivity (Wildman–Crippen MR) is 93.6 cm³/mol. The Bertz CT molecular complexity index is 856. The summed E-state index contributed by atoms with van der Waals surface area (Å²) in [5.74, 6) is -0.217. The molecule has 9 heteroatoms. The second-order valence-electron chi connectivity index (χ2n) is 6.61. The molecule has 7 nitrogen and oxygen atoms in total. The molecular weight excluding hydrogens is 364 g/mol. The van der Waals surface area contributed by atoms with Gasteiger partial charge in [-0.25, -0.2) is 16.8 Å². The van der Waals surface area contributed by atoms with Crippen LogP contribution in [0, 0.1) is 0 Å². The Balaban J connectivity index is 1.74. The van der Waals surface area contributed by atoms with Crippen LogP contribution in [0.2, 0.25) is 0 Å². The van der Waals surface area contributed by atoms with Crippen LogP contribution in [0.15, 0.2) is 29.2 Å². The second-order valence-corrected chi connectivity index (χ2v) is 10.8. The maximum absolute atomic E-state index is 12.5. The first-order valence-electron chi connectivity index (χ1n) is 8.28. The fourth-order valence-electron chi connectivity index (χ4n) is 3.30. The maximum Gasteiger partial charge on any atom is 0.253 e. The molecule has 1 aromatic carbocycles. The van der Waals surface area contributed by atoms with E-state index in [9.17, 15) is 21.6 Å². The van der Waals surface area contributed by atoms with E-state index in [0.29, 0.717) is 25.1 Å². The van der Waals surface area contributed by atoms with Crippen molar-refractivity contribution >= 4 is 25.8 Å². The number of hydrogen-bond donors (Lipinski definition) is 0. The fraction of sp³-hybridized carbons (Fsp3) is 0.562. The third-order valence-electron chi connectivity index (χ3n) is 4.88. The van der Waals surface area contributed by atoms with Gasteiger partial charge in [0, 0.05) is 31.7 Å². The monoisotopic (exact) mass is 386 g/mol. The molecule has 3 rings (SSSR count). The second kappa shape index (κ2) is 6.69. The average molecular weight is 386 g/mol. The summed E-state index contributed by atoms with van der Waals surface area (Å²) in [6.45, 7) is 1.06. The van der Waals surface area contributed by atoms with E-state index in [-0.39, 0.29) is 28.4 Å². The van der Waals surface area contributed by atoms with Gasteiger partial charge in [-0.2, -0.15) is 4.31 Å². The van der Waals surface area contributed by atoms with E-state index in [0.717, 1.165) is 12.8 Å². The summed E-state index contributed by atoms with van der Waals surface area (Å²) < 4.78 is 49.6. The van der Waals surface area contributed by atoms with Crippen LogP contribution in [0.25, 0.3) is 0 Å². The van der Waals surface area contributed by atoms with Gasteiger partial charge in [-0.1, -0.05) is 0 Å². The van der Waals surface area contributed by atoms with Gasteiger partial charge in [0.2, 0.25) is 10.0 Å². The lowest BCUT2D eigenvalue weighted by atomic mass is 10.1. The molecule has 2 aliphatic rings. The minimum absolute atomic E-state index is 0.0172. The lowest BCUT2D eigenvalue weighted by Gasteiger charge is -2.23. The van der Waals surface area contributed by atoms with Crippen molar-refractivity contribution in [1.82, 2.24) is 9.21 Å². The normalized spacial score (nSPS) is 23.6. The smallest absolute Gasteiger partial charge is 0.253 e. The number of sulfone groups is 1. The molecule has 2 aliphatic heterocycles. The molecule has 2 heterocycles. The number of hydrogen-bond acceptors (Lipinski definition) is 5. The fourth-order valence-corrected chi connectivity index (χ4v) is 6.59. The quantitative estimate of drug-likeness (QED) is 0.761. The number of amides is 1. The van der Waals surface area contributed by atoms with Gasteiger partial charge in [0.15, 0.2) is 9.84 Å². The Morgan fingerprint density at radius 3 is 2.28 bits per heavy atom. The largest absolute Gasteiger partial charge is 0.338 e. The standard InChI is InChI=1S/C16H22N2O5S2/c1-17(14-8-11-24(20,21)12-14)16(19)13-4-6-15(7-5-13)25(22,23)18-9-2-3-10-18/h4-7,14H,2-3,8-12H2,1H3. The molecule has 1 atom stereocenters. The lowest BCUT2D eigenvalue weighted by Crippen LogP contribution is -2.37. The van der Waals surface area contributed by atoms with Crippen molar-refractivity contribution in [3.05, 3.63) is 29.8 Å². The Morgan fingerprint density at radius 1 is 1.16 bits per heavy atom. The average Bonchev–Trinajstić information content (AvgIpc) is 3.23. The minimum atomic E-state index is -3.50. The zero-order valence-corrected chi connectivity index (χ0v) is 15.7. The molecule has 25 heavy (non-hydrogen) atoms. The van der Waals surface area contributed by atoms with Crippen molar-refractivity contribution in [2.75, 3.05) is 31.6 Å². The highest BCUT2D eigenvalue weighted by Crippen LogP contribution is 2.22. The van der Waals surface area contributed by atoms with Gasteiger partial charge in [0.1, 0.15) is 0 Å². The SMILES string of the molecule is CN(C(=O)c1ccc(S(=O)(=O)N2CCCC2)cc1)C1CCS(=O)(=O)C1. The van der Waals surface area contributed by atoms with E-state index in [1.807, 2.05) is 0 Å². The number of carbonyl (C=O) groups is 1. The van der Waals surface area contributed by atoms with E-state index in [4.69, 9.17) is 0 Å². The molecule has 2 saturated heterocycles. The molecule has 0 saturated carbocycles. The first-order chi connectivity index (χ1) is 11.7. The predicted octanol–water partition coefficient (Wildman–Crippen LogP) is 0.730. The molecule has 0 bridgehead atoms. The topological polar surface area (TPSA) is 91.8 Å². The first-order valence-corrected chi connectivity index (χ1v) is 11.5. The molecule has 2 fully saturated rings. The third-order valence-corrected chi connectivity index (χ3v) is 8.54. The third kappa shape index (κ3) is 3.73. The highest BCUT2D eigenvalue weighted by molar-refractivity contribution is 7.91.